The van der Waals surface area contributed by atoms with Crippen LogP contribution in [0.4, 0.5) is 24.5 Å². The maximum absolute atomic E-state index is 12.2. The zero-order chi connectivity index (χ0) is 17.9. The Labute approximate surface area is 142 Å². The number of fused-ring (bicyclic) bond motifs is 1. The summed E-state index contributed by atoms with van der Waals surface area (Å²) in [6, 6.07) is 11.1. The molecule has 0 spiro atoms. The fourth-order valence-electron chi connectivity index (χ4n) is 2.35. The lowest BCUT2D eigenvalue weighted by molar-refractivity contribution is -0.0790. The molecule has 7 heteroatoms. The van der Waals surface area contributed by atoms with Crippen molar-refractivity contribution in [3.8, 4) is 5.75 Å². The second-order valence-electron chi connectivity index (χ2n) is 5.44. The van der Waals surface area contributed by atoms with Crippen LogP contribution in [0.15, 0.2) is 48.5 Å². The smallest absolute Gasteiger partial charge is 0.409 e. The van der Waals surface area contributed by atoms with Crippen molar-refractivity contribution in [1.82, 2.24) is 0 Å². The van der Waals surface area contributed by atoms with Gasteiger partial charge in [-0.1, -0.05) is 18.2 Å². The fourth-order valence-corrected chi connectivity index (χ4v) is 2.35. The highest BCUT2D eigenvalue weighted by molar-refractivity contribution is 6.04. The average molecular weight is 348 g/mol. The molecule has 130 valence electrons. The van der Waals surface area contributed by atoms with Crippen molar-refractivity contribution in [3.05, 3.63) is 59.7 Å². The van der Waals surface area contributed by atoms with Crippen molar-refractivity contribution >= 4 is 23.4 Å². The Bertz CT molecular complexity index is 799. The minimum Gasteiger partial charge on any atom is -0.490 e. The normalized spacial score (nSPS) is 13.7. The topological polar surface area (TPSA) is 50.4 Å². The average Bonchev–Trinajstić information content (AvgIpc) is 2.59. The number of allylic oxidation sites excluding steroid dienone is 1. The largest absolute Gasteiger partial charge is 0.490 e. The molecule has 25 heavy (non-hydrogen) atoms. The number of nitrogens with one attached hydrogen (secondary N) is 2. The predicted molar refractivity (Wildman–Crippen MR) is 89.9 cm³/mol. The first-order valence-corrected chi connectivity index (χ1v) is 7.59. The molecular formula is C18H15F3N2O2. The van der Waals surface area contributed by atoms with E-state index in [4.69, 9.17) is 4.74 Å². The van der Waals surface area contributed by atoms with Gasteiger partial charge in [0.15, 0.2) is 0 Å². The van der Waals surface area contributed by atoms with Gasteiger partial charge in [-0.15, -0.1) is 0 Å². The van der Waals surface area contributed by atoms with Gasteiger partial charge in [-0.3, -0.25) is 4.79 Å². The summed E-state index contributed by atoms with van der Waals surface area (Å²) in [6.45, 7) is 1.28. The van der Waals surface area contributed by atoms with Gasteiger partial charge >= 0.3 is 6.18 Å². The molecule has 0 unspecified atom stereocenters. The molecule has 0 saturated carbocycles. The summed E-state index contributed by atoms with van der Waals surface area (Å²) in [5.74, 6) is 0.312. The SMILES string of the molecule is O=C(Nc1ccc2c(c1)OCCN2)c1ccc(C=CC(F)(F)F)cc1. The molecular weight excluding hydrogens is 333 g/mol. The Balaban J connectivity index is 1.68. The number of carbonyl (C=O) groups is 1. The van der Waals surface area contributed by atoms with E-state index in [0.29, 0.717) is 29.2 Å². The highest BCUT2D eigenvalue weighted by Crippen LogP contribution is 2.30. The molecule has 2 aromatic carbocycles. The third-order valence-electron chi connectivity index (χ3n) is 3.55. The van der Waals surface area contributed by atoms with Gasteiger partial charge in [0.1, 0.15) is 12.4 Å². The fraction of sp³-hybridized carbons (Fsp3) is 0.167. The van der Waals surface area contributed by atoms with Crippen LogP contribution in [0.2, 0.25) is 0 Å². The number of rotatable bonds is 3. The van der Waals surface area contributed by atoms with Gasteiger partial charge in [0, 0.05) is 29.9 Å². The first-order chi connectivity index (χ1) is 11.9. The van der Waals surface area contributed by atoms with E-state index in [1.54, 1.807) is 12.1 Å². The lowest BCUT2D eigenvalue weighted by Gasteiger charge is -2.19. The minimum absolute atomic E-state index is 0.156. The molecule has 1 amide bonds. The zero-order valence-corrected chi connectivity index (χ0v) is 13.1. The van der Waals surface area contributed by atoms with Gasteiger partial charge in [0.2, 0.25) is 0 Å². The Morgan fingerprint density at radius 1 is 1.16 bits per heavy atom. The van der Waals surface area contributed by atoms with E-state index in [-0.39, 0.29) is 12.0 Å². The van der Waals surface area contributed by atoms with Crippen LogP contribution in [-0.4, -0.2) is 25.2 Å². The molecule has 0 bridgehead atoms. The molecule has 1 aliphatic rings. The maximum Gasteiger partial charge on any atom is 0.409 e. The van der Waals surface area contributed by atoms with Crippen LogP contribution in [0.5, 0.6) is 5.75 Å². The number of hydrogen-bond acceptors (Lipinski definition) is 3. The summed E-state index contributed by atoms with van der Waals surface area (Å²) in [5, 5.41) is 5.92. The van der Waals surface area contributed by atoms with E-state index in [0.717, 1.165) is 18.3 Å². The van der Waals surface area contributed by atoms with Gasteiger partial charge in [0.05, 0.1) is 5.69 Å². The first kappa shape index (κ1) is 16.9. The van der Waals surface area contributed by atoms with Crippen molar-refractivity contribution < 1.29 is 22.7 Å². The second-order valence-corrected chi connectivity index (χ2v) is 5.44. The number of alkyl halides is 3. The highest BCUT2D eigenvalue weighted by atomic mass is 19.4. The van der Waals surface area contributed by atoms with E-state index in [1.165, 1.54) is 24.3 Å². The van der Waals surface area contributed by atoms with Gasteiger partial charge < -0.3 is 15.4 Å². The molecule has 0 fully saturated rings. The third kappa shape index (κ3) is 4.53. The first-order valence-electron chi connectivity index (χ1n) is 7.59. The number of halogens is 3. The number of amides is 1. The zero-order valence-electron chi connectivity index (χ0n) is 13.1. The van der Waals surface area contributed by atoms with Crippen molar-refractivity contribution in [2.75, 3.05) is 23.8 Å². The van der Waals surface area contributed by atoms with Crippen LogP contribution in [0.1, 0.15) is 15.9 Å². The third-order valence-corrected chi connectivity index (χ3v) is 3.55. The van der Waals surface area contributed by atoms with Crippen LogP contribution in [0.3, 0.4) is 0 Å². The molecule has 0 atom stereocenters. The van der Waals surface area contributed by atoms with Crippen molar-refractivity contribution in [2.45, 2.75) is 6.18 Å². The number of ether oxygens (including phenoxy) is 1. The van der Waals surface area contributed by atoms with Crippen LogP contribution in [0.25, 0.3) is 6.08 Å². The van der Waals surface area contributed by atoms with Gasteiger partial charge in [-0.05, 0) is 29.8 Å². The van der Waals surface area contributed by atoms with E-state index in [9.17, 15) is 18.0 Å². The minimum atomic E-state index is -4.36. The lowest BCUT2D eigenvalue weighted by atomic mass is 10.1. The van der Waals surface area contributed by atoms with E-state index >= 15 is 0 Å². The second kappa shape index (κ2) is 6.88. The number of benzene rings is 2. The number of carbonyl (C=O) groups excluding carboxylic acids is 1. The monoisotopic (exact) mass is 348 g/mol. The Morgan fingerprint density at radius 3 is 2.64 bits per heavy atom. The van der Waals surface area contributed by atoms with Crippen molar-refractivity contribution in [1.29, 1.82) is 0 Å². The summed E-state index contributed by atoms with van der Waals surface area (Å²) >= 11 is 0. The molecule has 2 aromatic rings. The quantitative estimate of drug-likeness (QED) is 0.869. The number of anilines is 2. The summed E-state index contributed by atoms with van der Waals surface area (Å²) in [5.41, 5.74) is 2.15. The molecule has 0 aromatic heterocycles. The maximum atomic E-state index is 12.2. The van der Waals surface area contributed by atoms with E-state index < -0.39 is 6.18 Å². The summed E-state index contributed by atoms with van der Waals surface area (Å²) in [7, 11) is 0. The van der Waals surface area contributed by atoms with Crippen LogP contribution >= 0.6 is 0 Å². The van der Waals surface area contributed by atoms with E-state index in [1.807, 2.05) is 6.07 Å². The summed E-state index contributed by atoms with van der Waals surface area (Å²) < 4.78 is 41.9. The van der Waals surface area contributed by atoms with Gasteiger partial charge in [-0.25, -0.2) is 0 Å². The Hall–Kier alpha value is -2.96. The Morgan fingerprint density at radius 2 is 1.92 bits per heavy atom. The molecule has 1 aliphatic heterocycles. The van der Waals surface area contributed by atoms with Crippen molar-refractivity contribution in [3.63, 3.8) is 0 Å². The summed E-state index contributed by atoms with van der Waals surface area (Å²) in [6.07, 6.45) is -3.25. The Kier molecular flexibility index (Phi) is 4.65. The van der Waals surface area contributed by atoms with Crippen LogP contribution in [-0.2, 0) is 0 Å². The van der Waals surface area contributed by atoms with Gasteiger partial charge in [-0.2, -0.15) is 13.2 Å². The van der Waals surface area contributed by atoms with Crippen LogP contribution < -0.4 is 15.4 Å². The molecule has 0 radical (unpaired) electrons. The number of hydrogen-bond donors (Lipinski definition) is 2. The molecule has 0 aliphatic carbocycles. The molecule has 3 rings (SSSR count). The molecule has 4 nitrogen and oxygen atoms in total. The standard InChI is InChI=1S/C18H15F3N2O2/c19-18(20,21)8-7-12-1-3-13(4-2-12)17(24)23-14-5-6-15-16(11-14)25-10-9-22-15/h1-8,11,22H,9-10H2,(H,23,24). The van der Waals surface area contributed by atoms with Crippen molar-refractivity contribution in [2.24, 2.45) is 0 Å². The molecule has 2 N–H and O–H groups in total. The predicted octanol–water partition coefficient (Wildman–Crippen LogP) is 4.32. The van der Waals surface area contributed by atoms with Gasteiger partial charge in [0.25, 0.3) is 5.91 Å². The van der Waals surface area contributed by atoms with E-state index in [2.05, 4.69) is 10.6 Å². The summed E-state index contributed by atoms with van der Waals surface area (Å²) in [4.78, 5) is 12.2. The lowest BCUT2D eigenvalue weighted by Crippen LogP contribution is -2.18. The van der Waals surface area contributed by atoms with Crippen LogP contribution in [0, 0.1) is 0 Å². The molecule has 0 saturated heterocycles. The molecule has 1 heterocycles. The highest BCUT2D eigenvalue weighted by Gasteiger charge is 2.21.